The molecule has 35 heavy (non-hydrogen) atoms. The smallest absolute Gasteiger partial charge is 0.268 e. The van der Waals surface area contributed by atoms with Crippen LogP contribution >= 0.6 is 22.9 Å². The Kier molecular flexibility index (Phi) is 5.87. The van der Waals surface area contributed by atoms with Crippen molar-refractivity contribution in [1.29, 1.82) is 0 Å². The number of benzene rings is 2. The molecule has 3 heterocycles. The number of rotatable bonds is 4. The summed E-state index contributed by atoms with van der Waals surface area (Å²) in [6, 6.07) is 11.2. The van der Waals surface area contributed by atoms with E-state index in [1.54, 1.807) is 6.07 Å². The fourth-order valence-corrected chi connectivity index (χ4v) is 5.12. The van der Waals surface area contributed by atoms with Gasteiger partial charge in [0.15, 0.2) is 0 Å². The van der Waals surface area contributed by atoms with Crippen LogP contribution in [-0.2, 0) is 4.79 Å². The fraction of sp³-hybridized carbons (Fsp3) is 0.167. The standard InChI is InChI=1S/C24H17ClFN3O5S/c25-19-9-8-18(35-19)21(31)27-15-4-1-3-13-20(15)24(34)29(22(13)32)16-7-6-12(11-14(16)26)28-10-2-5-17(30)23(28)33/h1,3-4,6-9,11,17,30H,2,5,10H2,(H,27,31). The molecule has 0 saturated carbocycles. The van der Waals surface area contributed by atoms with Crippen molar-refractivity contribution in [2.45, 2.75) is 18.9 Å². The minimum atomic E-state index is -1.15. The van der Waals surface area contributed by atoms with E-state index >= 15 is 4.39 Å². The van der Waals surface area contributed by atoms with Gasteiger partial charge in [-0.05, 0) is 55.3 Å². The van der Waals surface area contributed by atoms with Gasteiger partial charge in [-0.1, -0.05) is 17.7 Å². The molecule has 1 aromatic heterocycles. The zero-order valence-corrected chi connectivity index (χ0v) is 19.5. The third-order valence-electron chi connectivity index (χ3n) is 5.85. The van der Waals surface area contributed by atoms with E-state index in [0.717, 1.165) is 17.4 Å². The van der Waals surface area contributed by atoms with Crippen LogP contribution in [0, 0.1) is 5.82 Å². The maximum absolute atomic E-state index is 15.2. The van der Waals surface area contributed by atoms with Crippen LogP contribution in [0.15, 0.2) is 48.5 Å². The van der Waals surface area contributed by atoms with E-state index in [9.17, 15) is 24.3 Å². The second-order valence-corrected chi connectivity index (χ2v) is 9.73. The predicted octanol–water partition coefficient (Wildman–Crippen LogP) is 4.08. The Morgan fingerprint density at radius 3 is 2.63 bits per heavy atom. The Bertz CT molecular complexity index is 1410. The molecule has 0 radical (unpaired) electrons. The number of amides is 4. The summed E-state index contributed by atoms with van der Waals surface area (Å²) in [6.07, 6.45) is -0.258. The molecule has 1 saturated heterocycles. The summed E-state index contributed by atoms with van der Waals surface area (Å²) in [5, 5.41) is 12.4. The molecular formula is C24H17ClFN3O5S. The molecule has 2 N–H and O–H groups in total. The first-order valence-electron chi connectivity index (χ1n) is 10.6. The lowest BCUT2D eigenvalue weighted by Crippen LogP contribution is -2.44. The molecule has 0 bridgehead atoms. The quantitative estimate of drug-likeness (QED) is 0.511. The molecule has 178 valence electrons. The molecular weight excluding hydrogens is 497 g/mol. The number of carbonyl (C=O) groups is 4. The summed E-state index contributed by atoms with van der Waals surface area (Å²) in [4.78, 5) is 53.4. The van der Waals surface area contributed by atoms with E-state index in [1.165, 1.54) is 41.3 Å². The molecule has 4 amide bonds. The maximum atomic E-state index is 15.2. The third kappa shape index (κ3) is 3.99. The number of imide groups is 1. The molecule has 2 aliphatic heterocycles. The van der Waals surface area contributed by atoms with E-state index in [2.05, 4.69) is 5.32 Å². The Balaban J connectivity index is 1.45. The molecule has 2 aromatic carbocycles. The highest BCUT2D eigenvalue weighted by atomic mass is 35.5. The van der Waals surface area contributed by atoms with Crippen LogP contribution in [0.4, 0.5) is 21.5 Å². The Hall–Kier alpha value is -3.60. The molecule has 5 rings (SSSR count). The molecule has 1 atom stereocenters. The normalized spacial score (nSPS) is 17.7. The number of anilines is 3. The number of piperidine rings is 1. The summed E-state index contributed by atoms with van der Waals surface area (Å²) in [7, 11) is 0. The molecule has 2 aliphatic rings. The minimum absolute atomic E-state index is 0.0230. The van der Waals surface area contributed by atoms with Gasteiger partial charge in [-0.2, -0.15) is 0 Å². The summed E-state index contributed by atoms with van der Waals surface area (Å²) in [5.41, 5.74) is 0.0189. The minimum Gasteiger partial charge on any atom is -0.383 e. The van der Waals surface area contributed by atoms with Crippen LogP contribution in [0.1, 0.15) is 43.2 Å². The number of aliphatic hydroxyl groups is 1. The van der Waals surface area contributed by atoms with Crippen LogP contribution in [0.2, 0.25) is 4.34 Å². The lowest BCUT2D eigenvalue weighted by Gasteiger charge is -2.30. The number of fused-ring (bicyclic) bond motifs is 1. The highest BCUT2D eigenvalue weighted by Crippen LogP contribution is 2.36. The van der Waals surface area contributed by atoms with Crippen LogP contribution in [0.3, 0.4) is 0 Å². The second kappa shape index (κ2) is 8.88. The van der Waals surface area contributed by atoms with Gasteiger partial charge in [0, 0.05) is 12.2 Å². The number of aliphatic hydroxyl groups excluding tert-OH is 1. The van der Waals surface area contributed by atoms with Crippen LogP contribution in [0.25, 0.3) is 0 Å². The molecule has 0 aliphatic carbocycles. The lowest BCUT2D eigenvalue weighted by atomic mass is 10.1. The van der Waals surface area contributed by atoms with Gasteiger partial charge in [-0.25, -0.2) is 9.29 Å². The van der Waals surface area contributed by atoms with Crippen molar-refractivity contribution in [2.75, 3.05) is 21.7 Å². The van der Waals surface area contributed by atoms with Crippen LogP contribution < -0.4 is 15.1 Å². The molecule has 8 nitrogen and oxygen atoms in total. The summed E-state index contributed by atoms with van der Waals surface area (Å²) in [6.45, 7) is 0.320. The average molecular weight is 514 g/mol. The first-order chi connectivity index (χ1) is 16.8. The van der Waals surface area contributed by atoms with Gasteiger partial charge in [0.1, 0.15) is 11.9 Å². The van der Waals surface area contributed by atoms with E-state index in [-0.39, 0.29) is 28.2 Å². The number of nitrogens with zero attached hydrogens (tertiary/aromatic N) is 2. The largest absolute Gasteiger partial charge is 0.383 e. The molecule has 0 spiro atoms. The monoisotopic (exact) mass is 513 g/mol. The van der Waals surface area contributed by atoms with Gasteiger partial charge in [0.25, 0.3) is 23.6 Å². The van der Waals surface area contributed by atoms with Crippen LogP contribution in [0.5, 0.6) is 0 Å². The SMILES string of the molecule is O=C(Nc1cccc2c1C(=O)N(c1ccc(N3CCCC(O)C3=O)cc1F)C2=O)c1ccc(Cl)s1. The number of nitrogens with one attached hydrogen (secondary N) is 1. The van der Waals surface area contributed by atoms with Gasteiger partial charge in [0.2, 0.25) is 0 Å². The topological polar surface area (TPSA) is 107 Å². The highest BCUT2D eigenvalue weighted by Gasteiger charge is 2.40. The zero-order chi connectivity index (χ0) is 24.9. The Morgan fingerprint density at radius 1 is 1.11 bits per heavy atom. The summed E-state index contributed by atoms with van der Waals surface area (Å²) in [5.74, 6) is -3.45. The van der Waals surface area contributed by atoms with E-state index < -0.39 is 35.5 Å². The third-order valence-corrected chi connectivity index (χ3v) is 7.08. The van der Waals surface area contributed by atoms with Crippen LogP contribution in [-0.4, -0.2) is 41.4 Å². The Labute approximate surface area is 207 Å². The first kappa shape index (κ1) is 23.2. The van der Waals surface area contributed by atoms with E-state index in [1.807, 2.05) is 0 Å². The van der Waals surface area contributed by atoms with Gasteiger partial charge in [0.05, 0.1) is 31.7 Å². The number of hydrogen-bond donors (Lipinski definition) is 2. The maximum Gasteiger partial charge on any atom is 0.268 e. The highest BCUT2D eigenvalue weighted by molar-refractivity contribution is 7.18. The van der Waals surface area contributed by atoms with Gasteiger partial charge < -0.3 is 15.3 Å². The van der Waals surface area contributed by atoms with E-state index in [4.69, 9.17) is 11.6 Å². The van der Waals surface area contributed by atoms with Crippen molar-refractivity contribution in [3.63, 3.8) is 0 Å². The molecule has 3 aromatic rings. The van der Waals surface area contributed by atoms with Crippen molar-refractivity contribution < 1.29 is 28.7 Å². The van der Waals surface area contributed by atoms with Crippen molar-refractivity contribution >= 4 is 63.6 Å². The first-order valence-corrected chi connectivity index (χ1v) is 11.8. The van der Waals surface area contributed by atoms with Gasteiger partial charge in [-0.15, -0.1) is 11.3 Å². The number of thiophene rings is 1. The molecule has 1 fully saturated rings. The van der Waals surface area contributed by atoms with Gasteiger partial charge in [-0.3, -0.25) is 19.2 Å². The van der Waals surface area contributed by atoms with E-state index in [0.29, 0.717) is 33.5 Å². The number of hydrogen-bond acceptors (Lipinski definition) is 6. The summed E-state index contributed by atoms with van der Waals surface area (Å²) < 4.78 is 15.6. The van der Waals surface area contributed by atoms with Crippen molar-refractivity contribution in [3.8, 4) is 0 Å². The second-order valence-electron chi connectivity index (χ2n) is 8.02. The molecule has 11 heteroatoms. The van der Waals surface area contributed by atoms with Gasteiger partial charge >= 0.3 is 0 Å². The lowest BCUT2D eigenvalue weighted by molar-refractivity contribution is -0.128. The average Bonchev–Trinajstić information content (AvgIpc) is 3.38. The number of halogens is 2. The number of carbonyl (C=O) groups excluding carboxylic acids is 4. The van der Waals surface area contributed by atoms with Crippen molar-refractivity contribution in [2.24, 2.45) is 0 Å². The fourth-order valence-electron chi connectivity index (χ4n) is 4.19. The molecule has 1 unspecified atom stereocenters. The zero-order valence-electron chi connectivity index (χ0n) is 18.0. The predicted molar refractivity (Wildman–Crippen MR) is 129 cm³/mol. The Morgan fingerprint density at radius 2 is 1.91 bits per heavy atom. The van der Waals surface area contributed by atoms with Crippen molar-refractivity contribution in [3.05, 3.63) is 74.7 Å². The van der Waals surface area contributed by atoms with Crippen molar-refractivity contribution in [1.82, 2.24) is 0 Å². The summed E-state index contributed by atoms with van der Waals surface area (Å²) >= 11 is 6.94.